The molecule has 90 valence electrons. The van der Waals surface area contributed by atoms with E-state index < -0.39 is 0 Å². The Morgan fingerprint density at radius 2 is 2.17 bits per heavy atom. The van der Waals surface area contributed by atoms with Crippen molar-refractivity contribution in [3.05, 3.63) is 42.3 Å². The van der Waals surface area contributed by atoms with E-state index in [-0.39, 0.29) is 5.82 Å². The number of hydrogen-bond acceptors (Lipinski definition) is 5. The number of benzene rings is 1. The summed E-state index contributed by atoms with van der Waals surface area (Å²) in [5, 5.41) is 3.04. The summed E-state index contributed by atoms with van der Waals surface area (Å²) >= 11 is 1.27. The third-order valence-corrected chi connectivity index (χ3v) is 3.36. The molecule has 0 unspecified atom stereocenters. The van der Waals surface area contributed by atoms with Crippen LogP contribution in [0.25, 0.3) is 10.2 Å². The average Bonchev–Trinajstić information content (AvgIpc) is 2.74. The molecule has 0 aliphatic carbocycles. The normalized spacial score (nSPS) is 10.7. The summed E-state index contributed by atoms with van der Waals surface area (Å²) in [6, 6.07) is 7.92. The van der Waals surface area contributed by atoms with Crippen LogP contribution in [-0.4, -0.2) is 9.36 Å². The molecule has 4 nitrogen and oxygen atoms in total. The molecule has 2 heterocycles. The molecule has 1 aromatic carbocycles. The van der Waals surface area contributed by atoms with Crippen molar-refractivity contribution in [3.63, 3.8) is 0 Å². The lowest BCUT2D eigenvalue weighted by Crippen LogP contribution is -1.92. The Morgan fingerprint density at radius 1 is 1.28 bits per heavy atom. The van der Waals surface area contributed by atoms with E-state index in [2.05, 4.69) is 14.7 Å². The molecular weight excluding hydrogens is 251 g/mol. The second kappa shape index (κ2) is 4.23. The highest BCUT2D eigenvalue weighted by Crippen LogP contribution is 2.30. The molecule has 0 fully saturated rings. The number of nitrogens with zero attached hydrogens (tertiary/aromatic N) is 2. The third-order valence-electron chi connectivity index (χ3n) is 2.47. The van der Waals surface area contributed by atoms with Crippen LogP contribution in [0.3, 0.4) is 0 Å². The first kappa shape index (κ1) is 10.9. The molecule has 0 aliphatic rings. The van der Waals surface area contributed by atoms with Crippen molar-refractivity contribution in [1.29, 1.82) is 0 Å². The van der Waals surface area contributed by atoms with Gasteiger partial charge in [-0.25, -0.2) is 4.39 Å². The molecule has 0 amide bonds. The summed E-state index contributed by atoms with van der Waals surface area (Å²) < 4.78 is 18.2. The summed E-state index contributed by atoms with van der Waals surface area (Å²) in [6.45, 7) is 0. The van der Waals surface area contributed by atoms with Gasteiger partial charge < -0.3 is 11.1 Å². The van der Waals surface area contributed by atoms with Gasteiger partial charge in [0.2, 0.25) is 0 Å². The topological polar surface area (TPSA) is 63.8 Å². The van der Waals surface area contributed by atoms with Gasteiger partial charge in [0.1, 0.15) is 11.3 Å². The molecule has 3 aromatic rings. The van der Waals surface area contributed by atoms with Crippen LogP contribution in [0.15, 0.2) is 36.5 Å². The van der Waals surface area contributed by atoms with E-state index in [1.165, 1.54) is 23.7 Å². The van der Waals surface area contributed by atoms with Crippen LogP contribution in [0.5, 0.6) is 0 Å². The number of hydrogen-bond donors (Lipinski definition) is 2. The van der Waals surface area contributed by atoms with E-state index >= 15 is 0 Å². The Balaban J connectivity index is 2.03. The van der Waals surface area contributed by atoms with E-state index in [4.69, 9.17) is 5.73 Å². The zero-order valence-electron chi connectivity index (χ0n) is 9.22. The summed E-state index contributed by atoms with van der Waals surface area (Å²) in [4.78, 5) is 4.23. The first-order valence-corrected chi connectivity index (χ1v) is 6.04. The molecule has 0 spiro atoms. The Morgan fingerprint density at radius 3 is 3.00 bits per heavy atom. The molecule has 2 aromatic heterocycles. The smallest absolute Gasteiger partial charge is 0.170 e. The molecule has 3 N–H and O–H groups in total. The lowest BCUT2D eigenvalue weighted by atomic mass is 10.3. The molecule has 0 atom stereocenters. The number of nitrogens with two attached hydrogens (primary N) is 1. The zero-order chi connectivity index (χ0) is 12.5. The summed E-state index contributed by atoms with van der Waals surface area (Å²) in [7, 11) is 0. The van der Waals surface area contributed by atoms with Crippen molar-refractivity contribution in [3.8, 4) is 0 Å². The van der Waals surface area contributed by atoms with E-state index in [1.807, 2.05) is 0 Å². The average molecular weight is 260 g/mol. The number of pyridine rings is 1. The molecule has 0 saturated heterocycles. The lowest BCUT2D eigenvalue weighted by Gasteiger charge is -2.03. The number of nitrogens with one attached hydrogen (secondary N) is 1. The predicted octanol–water partition coefficient (Wildman–Crippen LogP) is 3.16. The molecule has 0 radical (unpaired) electrons. The molecule has 6 heteroatoms. The van der Waals surface area contributed by atoms with E-state index in [9.17, 15) is 4.39 Å². The van der Waals surface area contributed by atoms with Gasteiger partial charge in [-0.2, -0.15) is 4.37 Å². The van der Waals surface area contributed by atoms with Crippen molar-refractivity contribution in [2.75, 3.05) is 11.1 Å². The minimum absolute atomic E-state index is 0.299. The maximum Gasteiger partial charge on any atom is 0.170 e. The molecule has 0 aliphatic heterocycles. The molecule has 0 saturated carbocycles. The fourth-order valence-corrected chi connectivity index (χ4v) is 2.37. The Labute approximate surface area is 106 Å². The highest BCUT2D eigenvalue weighted by molar-refractivity contribution is 7.14. The fraction of sp³-hybridized carbons (Fsp3) is 0. The Bertz CT molecular complexity index is 710. The van der Waals surface area contributed by atoms with Crippen molar-refractivity contribution in [2.24, 2.45) is 0 Å². The third kappa shape index (κ3) is 1.86. The van der Waals surface area contributed by atoms with Gasteiger partial charge in [0.15, 0.2) is 5.82 Å². The first-order valence-electron chi connectivity index (χ1n) is 5.26. The summed E-state index contributed by atoms with van der Waals surface area (Å²) in [5.41, 5.74) is 7.80. The second-order valence-corrected chi connectivity index (χ2v) is 4.52. The van der Waals surface area contributed by atoms with Gasteiger partial charge in [0.25, 0.3) is 0 Å². The van der Waals surface area contributed by atoms with Gasteiger partial charge in [-0.3, -0.25) is 4.98 Å². The summed E-state index contributed by atoms with van der Waals surface area (Å²) in [6.07, 6.45) is 1.63. The van der Waals surface area contributed by atoms with E-state index in [0.717, 1.165) is 4.70 Å². The maximum atomic E-state index is 13.1. The van der Waals surface area contributed by atoms with E-state index in [1.54, 1.807) is 24.4 Å². The number of aromatic nitrogens is 2. The van der Waals surface area contributed by atoms with Crippen molar-refractivity contribution < 1.29 is 4.39 Å². The Hall–Kier alpha value is -2.21. The van der Waals surface area contributed by atoms with Gasteiger partial charge in [0.05, 0.1) is 10.4 Å². The highest BCUT2D eigenvalue weighted by Gasteiger charge is 2.09. The van der Waals surface area contributed by atoms with Crippen LogP contribution in [0, 0.1) is 5.82 Å². The quantitative estimate of drug-likeness (QED) is 0.743. The van der Waals surface area contributed by atoms with Gasteiger partial charge >= 0.3 is 0 Å². The van der Waals surface area contributed by atoms with Gasteiger partial charge in [-0.05, 0) is 35.8 Å². The van der Waals surface area contributed by atoms with Crippen LogP contribution >= 0.6 is 11.5 Å². The largest absolute Gasteiger partial charge is 0.397 e. The monoisotopic (exact) mass is 260 g/mol. The minimum atomic E-state index is -0.299. The number of nitrogen functional groups attached to an aromatic ring is 1. The number of anilines is 3. The zero-order valence-corrected chi connectivity index (χ0v) is 10.0. The standard InChI is InChI=1S/C12H9FN4S/c13-7-2-1-3-8(6-7)16-12-10-11(18-17-12)9(14)4-5-15-10/h1-6H,(H2,14,15)(H,16,17). The highest BCUT2D eigenvalue weighted by atomic mass is 32.1. The molecule has 3 rings (SSSR count). The molecular formula is C12H9FN4S. The molecule has 18 heavy (non-hydrogen) atoms. The minimum Gasteiger partial charge on any atom is -0.397 e. The predicted molar refractivity (Wildman–Crippen MR) is 71.5 cm³/mol. The fourth-order valence-electron chi connectivity index (χ4n) is 1.65. The molecule has 0 bridgehead atoms. The van der Waals surface area contributed by atoms with Crippen LogP contribution in [0.2, 0.25) is 0 Å². The van der Waals surface area contributed by atoms with E-state index in [0.29, 0.717) is 22.7 Å². The maximum absolute atomic E-state index is 13.1. The Kier molecular flexibility index (Phi) is 2.56. The number of fused-ring (bicyclic) bond motifs is 1. The van der Waals surface area contributed by atoms with Gasteiger partial charge in [-0.1, -0.05) is 6.07 Å². The second-order valence-electron chi connectivity index (χ2n) is 3.74. The van der Waals surface area contributed by atoms with Crippen molar-refractivity contribution in [1.82, 2.24) is 9.36 Å². The number of rotatable bonds is 2. The van der Waals surface area contributed by atoms with Gasteiger partial charge in [-0.15, -0.1) is 0 Å². The van der Waals surface area contributed by atoms with Crippen LogP contribution in [0.4, 0.5) is 21.6 Å². The van der Waals surface area contributed by atoms with Crippen molar-refractivity contribution >= 4 is 38.9 Å². The SMILES string of the molecule is Nc1ccnc2c(Nc3cccc(F)c3)nsc12. The lowest BCUT2D eigenvalue weighted by molar-refractivity contribution is 0.628. The summed E-state index contributed by atoms with van der Waals surface area (Å²) in [5.74, 6) is 0.292. The van der Waals surface area contributed by atoms with Gasteiger partial charge in [0, 0.05) is 11.9 Å². The van der Waals surface area contributed by atoms with Crippen LogP contribution in [-0.2, 0) is 0 Å². The van der Waals surface area contributed by atoms with Crippen LogP contribution < -0.4 is 11.1 Å². The first-order chi connectivity index (χ1) is 8.74. The number of halogens is 1. The van der Waals surface area contributed by atoms with Crippen molar-refractivity contribution in [2.45, 2.75) is 0 Å². The van der Waals surface area contributed by atoms with Crippen LogP contribution in [0.1, 0.15) is 0 Å².